The van der Waals surface area contributed by atoms with E-state index in [0.29, 0.717) is 11.6 Å². The molecule has 1 heterocycles. The van der Waals surface area contributed by atoms with Crippen LogP contribution < -0.4 is 5.32 Å². The van der Waals surface area contributed by atoms with E-state index in [9.17, 15) is 9.18 Å². The molecule has 3 heteroatoms. The maximum Gasteiger partial charge on any atom is 0.180 e. The molecule has 1 saturated heterocycles. The Kier molecular flexibility index (Phi) is 3.88. The lowest BCUT2D eigenvalue weighted by atomic mass is 9.76. The Morgan fingerprint density at radius 1 is 1.20 bits per heavy atom. The van der Waals surface area contributed by atoms with Crippen molar-refractivity contribution in [1.82, 2.24) is 5.32 Å². The first-order valence-corrected chi connectivity index (χ1v) is 7.71. The number of nitrogens with one attached hydrogen (secondary N) is 1. The number of piperidine rings is 1. The van der Waals surface area contributed by atoms with Crippen LogP contribution in [-0.2, 0) is 0 Å². The van der Waals surface area contributed by atoms with Gasteiger partial charge in [0, 0.05) is 11.6 Å². The first-order valence-electron chi connectivity index (χ1n) is 7.71. The molecule has 0 amide bonds. The Balaban J connectivity index is 1.76. The monoisotopic (exact) mass is 275 g/mol. The summed E-state index contributed by atoms with van der Waals surface area (Å²) in [4.78, 5) is 12.6. The van der Waals surface area contributed by atoms with E-state index in [4.69, 9.17) is 0 Å². The van der Waals surface area contributed by atoms with E-state index < -0.39 is 0 Å². The maximum absolute atomic E-state index is 13.4. The molecule has 1 aromatic rings. The predicted molar refractivity (Wildman–Crippen MR) is 77.4 cm³/mol. The van der Waals surface area contributed by atoms with Crippen LogP contribution in [0.15, 0.2) is 18.2 Å². The Labute approximate surface area is 119 Å². The molecule has 2 fully saturated rings. The molecule has 0 radical (unpaired) electrons. The van der Waals surface area contributed by atoms with Crippen molar-refractivity contribution in [3.8, 4) is 0 Å². The number of rotatable bonds is 2. The number of hydrogen-bond acceptors (Lipinski definition) is 2. The Bertz CT molecular complexity index is 514. The Morgan fingerprint density at radius 3 is 2.85 bits per heavy atom. The second kappa shape index (κ2) is 5.65. The van der Waals surface area contributed by atoms with Crippen LogP contribution in [0.1, 0.15) is 54.4 Å². The third kappa shape index (κ3) is 2.64. The molecule has 0 spiro atoms. The lowest BCUT2D eigenvalue weighted by molar-refractivity contribution is 0.0860. The van der Waals surface area contributed by atoms with Gasteiger partial charge in [0.15, 0.2) is 5.78 Å². The Morgan fingerprint density at radius 2 is 2.00 bits per heavy atom. The van der Waals surface area contributed by atoms with Gasteiger partial charge in [-0.2, -0.15) is 0 Å². The van der Waals surface area contributed by atoms with E-state index in [1.807, 2.05) is 6.92 Å². The van der Waals surface area contributed by atoms with Gasteiger partial charge in [-0.25, -0.2) is 4.39 Å². The van der Waals surface area contributed by atoms with Gasteiger partial charge in [-0.05, 0) is 56.2 Å². The van der Waals surface area contributed by atoms with Crippen LogP contribution in [0.3, 0.4) is 0 Å². The third-order valence-corrected chi connectivity index (χ3v) is 4.93. The van der Waals surface area contributed by atoms with Crippen molar-refractivity contribution < 1.29 is 9.18 Å². The van der Waals surface area contributed by atoms with E-state index >= 15 is 0 Å². The van der Waals surface area contributed by atoms with Crippen LogP contribution in [0, 0.1) is 18.7 Å². The van der Waals surface area contributed by atoms with Gasteiger partial charge in [0.05, 0.1) is 6.04 Å². The van der Waals surface area contributed by atoms with Gasteiger partial charge in [-0.1, -0.05) is 18.9 Å². The molecule has 108 valence electrons. The molecule has 0 aromatic heterocycles. The third-order valence-electron chi connectivity index (χ3n) is 4.93. The molecule has 1 aliphatic heterocycles. The van der Waals surface area contributed by atoms with E-state index in [1.165, 1.54) is 37.8 Å². The molecule has 2 nitrogen and oxygen atoms in total. The van der Waals surface area contributed by atoms with Crippen LogP contribution in [0.25, 0.3) is 0 Å². The number of carbonyl (C=O) groups excluding carboxylic acids is 1. The van der Waals surface area contributed by atoms with Crippen LogP contribution in [0.4, 0.5) is 4.39 Å². The first kappa shape index (κ1) is 13.7. The summed E-state index contributed by atoms with van der Waals surface area (Å²) in [5.74, 6) is 0.470. The number of ketones is 1. The zero-order chi connectivity index (χ0) is 14.1. The van der Waals surface area contributed by atoms with Gasteiger partial charge in [-0.3, -0.25) is 4.79 Å². The largest absolute Gasteiger partial charge is 0.304 e. The van der Waals surface area contributed by atoms with Crippen LogP contribution in [-0.4, -0.2) is 17.9 Å². The normalized spacial score (nSPS) is 29.8. The van der Waals surface area contributed by atoms with E-state index in [-0.39, 0.29) is 17.6 Å². The molecule has 1 aliphatic carbocycles. The molecular formula is C17H22FNO. The van der Waals surface area contributed by atoms with Crippen LogP contribution in [0.5, 0.6) is 0 Å². The summed E-state index contributed by atoms with van der Waals surface area (Å²) in [5.41, 5.74) is 1.40. The highest BCUT2D eigenvalue weighted by Gasteiger charge is 2.34. The lowest BCUT2D eigenvalue weighted by Crippen LogP contribution is -2.52. The number of Topliss-reactive ketones (excluding diaryl/α,β-unsaturated/α-hetero) is 1. The fraction of sp³-hybridized carbons (Fsp3) is 0.588. The minimum Gasteiger partial charge on any atom is -0.304 e. The summed E-state index contributed by atoms with van der Waals surface area (Å²) in [6.45, 7) is 1.87. The molecule has 0 bridgehead atoms. The summed E-state index contributed by atoms with van der Waals surface area (Å²) in [5, 5.41) is 3.53. The number of hydrogen-bond donors (Lipinski definition) is 1. The highest BCUT2D eigenvalue weighted by Crippen LogP contribution is 2.33. The standard InChI is InChI=1S/C17H22FNO/c1-11-6-8-13(18)10-14(11)17(20)16-9-7-12-4-2-3-5-15(12)19-16/h6,8,10,12,15-16,19H,2-5,7,9H2,1H3. The minimum atomic E-state index is -0.328. The number of aryl methyl sites for hydroxylation is 1. The molecular weight excluding hydrogens is 253 g/mol. The predicted octanol–water partition coefficient (Wildman–Crippen LogP) is 3.63. The molecule has 3 rings (SSSR count). The van der Waals surface area contributed by atoms with Gasteiger partial charge >= 0.3 is 0 Å². The van der Waals surface area contributed by atoms with Crippen LogP contribution >= 0.6 is 0 Å². The number of fused-ring (bicyclic) bond motifs is 1. The van der Waals surface area contributed by atoms with Gasteiger partial charge in [0.25, 0.3) is 0 Å². The topological polar surface area (TPSA) is 29.1 Å². The fourth-order valence-corrected chi connectivity index (χ4v) is 3.75. The summed E-state index contributed by atoms with van der Waals surface area (Å²) in [6, 6.07) is 4.84. The summed E-state index contributed by atoms with van der Waals surface area (Å²) in [6.07, 6.45) is 7.06. The molecule has 20 heavy (non-hydrogen) atoms. The van der Waals surface area contributed by atoms with Gasteiger partial charge in [0.2, 0.25) is 0 Å². The maximum atomic E-state index is 13.4. The SMILES string of the molecule is Cc1ccc(F)cc1C(=O)C1CCC2CCCCC2N1. The van der Waals surface area contributed by atoms with Crippen molar-refractivity contribution in [2.75, 3.05) is 0 Å². The average Bonchev–Trinajstić information content (AvgIpc) is 2.48. The highest BCUT2D eigenvalue weighted by molar-refractivity contribution is 6.01. The first-order chi connectivity index (χ1) is 9.65. The lowest BCUT2D eigenvalue weighted by Gasteiger charge is -2.40. The molecule has 2 aliphatic rings. The molecule has 1 N–H and O–H groups in total. The zero-order valence-corrected chi connectivity index (χ0v) is 12.0. The molecule has 1 aromatic carbocycles. The van der Waals surface area contributed by atoms with Crippen molar-refractivity contribution in [3.05, 3.63) is 35.1 Å². The summed E-state index contributed by atoms with van der Waals surface area (Å²) >= 11 is 0. The average molecular weight is 275 g/mol. The second-order valence-corrected chi connectivity index (χ2v) is 6.27. The smallest absolute Gasteiger partial charge is 0.180 e. The van der Waals surface area contributed by atoms with E-state index in [0.717, 1.165) is 24.3 Å². The summed E-state index contributed by atoms with van der Waals surface area (Å²) in [7, 11) is 0. The van der Waals surface area contributed by atoms with Crippen molar-refractivity contribution in [2.45, 2.75) is 57.5 Å². The summed E-state index contributed by atoms with van der Waals surface area (Å²) < 4.78 is 13.4. The number of halogens is 1. The van der Waals surface area contributed by atoms with Gasteiger partial charge in [0.1, 0.15) is 5.82 Å². The van der Waals surface area contributed by atoms with Gasteiger partial charge in [-0.15, -0.1) is 0 Å². The number of carbonyl (C=O) groups is 1. The van der Waals surface area contributed by atoms with Gasteiger partial charge < -0.3 is 5.32 Å². The van der Waals surface area contributed by atoms with Crippen molar-refractivity contribution in [1.29, 1.82) is 0 Å². The fourth-order valence-electron chi connectivity index (χ4n) is 3.75. The van der Waals surface area contributed by atoms with Crippen molar-refractivity contribution in [3.63, 3.8) is 0 Å². The quantitative estimate of drug-likeness (QED) is 0.835. The van der Waals surface area contributed by atoms with Crippen LogP contribution in [0.2, 0.25) is 0 Å². The Hall–Kier alpha value is -1.22. The van der Waals surface area contributed by atoms with E-state index in [2.05, 4.69) is 5.32 Å². The van der Waals surface area contributed by atoms with E-state index in [1.54, 1.807) is 6.07 Å². The minimum absolute atomic E-state index is 0.0611. The van der Waals surface area contributed by atoms with Crippen molar-refractivity contribution in [2.24, 2.45) is 5.92 Å². The molecule has 1 saturated carbocycles. The van der Waals surface area contributed by atoms with Crippen molar-refractivity contribution >= 4 is 5.78 Å². The highest BCUT2D eigenvalue weighted by atomic mass is 19.1. The number of benzene rings is 1. The zero-order valence-electron chi connectivity index (χ0n) is 12.0. The molecule has 3 unspecified atom stereocenters. The molecule has 3 atom stereocenters. The second-order valence-electron chi connectivity index (χ2n) is 6.27.